The van der Waals surface area contributed by atoms with Crippen molar-refractivity contribution >= 4 is 22.4 Å². The first kappa shape index (κ1) is 16.8. The van der Waals surface area contributed by atoms with Crippen LogP contribution in [0.15, 0.2) is 71.3 Å². The summed E-state index contributed by atoms with van der Waals surface area (Å²) in [5.41, 5.74) is 2.13. The molecular formula is C21H18ClN3O. The molecule has 0 bridgehead atoms. The zero-order valence-electron chi connectivity index (χ0n) is 14.3. The number of aromatic nitrogens is 2. The summed E-state index contributed by atoms with van der Waals surface area (Å²) in [4.78, 5) is 4.45. The van der Waals surface area contributed by atoms with E-state index in [1.54, 1.807) is 0 Å². The zero-order chi connectivity index (χ0) is 17.9. The third-order valence-electron chi connectivity index (χ3n) is 4.42. The van der Waals surface area contributed by atoms with Crippen LogP contribution in [0.1, 0.15) is 24.4 Å². The monoisotopic (exact) mass is 363 g/mol. The molecule has 0 aliphatic carbocycles. The minimum atomic E-state index is 0.159. The molecule has 1 atom stereocenters. The van der Waals surface area contributed by atoms with Gasteiger partial charge >= 0.3 is 0 Å². The quantitative estimate of drug-likeness (QED) is 0.516. The maximum absolute atomic E-state index is 5.91. The summed E-state index contributed by atoms with van der Waals surface area (Å²) in [6.45, 7) is 2.64. The molecule has 0 radical (unpaired) electrons. The smallest absolute Gasteiger partial charge is 0.240 e. The second-order valence-corrected chi connectivity index (χ2v) is 6.63. The van der Waals surface area contributed by atoms with Gasteiger partial charge in [-0.1, -0.05) is 59.2 Å². The van der Waals surface area contributed by atoms with Crippen LogP contribution < -0.4 is 5.32 Å². The molecule has 0 aliphatic rings. The lowest BCUT2D eigenvalue weighted by Crippen LogP contribution is -2.18. The van der Waals surface area contributed by atoms with Gasteiger partial charge in [0.2, 0.25) is 11.7 Å². The van der Waals surface area contributed by atoms with Crippen LogP contribution in [0.3, 0.4) is 0 Å². The second-order valence-electron chi connectivity index (χ2n) is 6.19. The van der Waals surface area contributed by atoms with Gasteiger partial charge in [-0.2, -0.15) is 4.98 Å². The van der Waals surface area contributed by atoms with Crippen molar-refractivity contribution in [2.24, 2.45) is 0 Å². The van der Waals surface area contributed by atoms with Crippen molar-refractivity contribution in [2.45, 2.75) is 19.5 Å². The number of fused-ring (bicyclic) bond motifs is 1. The van der Waals surface area contributed by atoms with Gasteiger partial charge in [0, 0.05) is 16.6 Å². The first-order chi connectivity index (χ1) is 12.7. The van der Waals surface area contributed by atoms with Crippen LogP contribution in [-0.2, 0) is 6.54 Å². The SMILES string of the molecule is C[C@@H](NCc1nc(-c2ccc(Cl)cc2)no1)c1cccc2ccccc12. The number of nitrogens with zero attached hydrogens (tertiary/aromatic N) is 2. The van der Waals surface area contributed by atoms with E-state index in [0.29, 0.717) is 23.3 Å². The predicted molar refractivity (Wildman–Crippen MR) is 104 cm³/mol. The van der Waals surface area contributed by atoms with E-state index in [-0.39, 0.29) is 6.04 Å². The highest BCUT2D eigenvalue weighted by molar-refractivity contribution is 6.30. The van der Waals surface area contributed by atoms with E-state index in [1.807, 2.05) is 24.3 Å². The van der Waals surface area contributed by atoms with Gasteiger partial charge < -0.3 is 9.84 Å². The van der Waals surface area contributed by atoms with E-state index in [4.69, 9.17) is 16.1 Å². The van der Waals surface area contributed by atoms with Crippen LogP contribution in [0.2, 0.25) is 5.02 Å². The van der Waals surface area contributed by atoms with E-state index in [2.05, 4.69) is 64.8 Å². The fraction of sp³-hybridized carbons (Fsp3) is 0.143. The molecule has 4 nitrogen and oxygen atoms in total. The van der Waals surface area contributed by atoms with Crippen molar-refractivity contribution in [1.29, 1.82) is 0 Å². The van der Waals surface area contributed by atoms with E-state index in [9.17, 15) is 0 Å². The van der Waals surface area contributed by atoms with Crippen molar-refractivity contribution in [2.75, 3.05) is 0 Å². The summed E-state index contributed by atoms with van der Waals surface area (Å²) in [6, 6.07) is 22.3. The van der Waals surface area contributed by atoms with Crippen LogP contribution >= 0.6 is 11.6 Å². The Morgan fingerprint density at radius 2 is 1.77 bits per heavy atom. The number of hydrogen-bond donors (Lipinski definition) is 1. The standard InChI is InChI=1S/C21H18ClN3O/c1-14(18-8-4-6-15-5-2-3-7-19(15)18)23-13-20-24-21(25-26-20)16-9-11-17(22)12-10-16/h2-12,14,23H,13H2,1H3/t14-/m1/s1. The van der Waals surface area contributed by atoms with E-state index >= 15 is 0 Å². The average Bonchev–Trinajstić information content (AvgIpc) is 3.15. The summed E-state index contributed by atoms with van der Waals surface area (Å²) < 4.78 is 5.37. The van der Waals surface area contributed by atoms with Crippen molar-refractivity contribution in [3.05, 3.63) is 83.2 Å². The Morgan fingerprint density at radius 1 is 1.00 bits per heavy atom. The molecule has 0 amide bonds. The molecule has 0 fully saturated rings. The van der Waals surface area contributed by atoms with Gasteiger partial charge in [0.05, 0.1) is 6.54 Å². The molecular weight excluding hydrogens is 346 g/mol. The van der Waals surface area contributed by atoms with Gasteiger partial charge in [0.15, 0.2) is 0 Å². The van der Waals surface area contributed by atoms with Crippen LogP contribution in [0.5, 0.6) is 0 Å². The van der Waals surface area contributed by atoms with Gasteiger partial charge in [0.25, 0.3) is 0 Å². The molecule has 4 rings (SSSR count). The number of benzene rings is 3. The van der Waals surface area contributed by atoms with Crippen molar-refractivity contribution in [1.82, 2.24) is 15.5 Å². The molecule has 130 valence electrons. The molecule has 5 heteroatoms. The summed E-state index contributed by atoms with van der Waals surface area (Å²) >= 11 is 5.91. The molecule has 4 aromatic rings. The molecule has 1 aromatic heterocycles. The number of nitrogens with one attached hydrogen (secondary N) is 1. The first-order valence-corrected chi connectivity index (χ1v) is 8.88. The predicted octanol–water partition coefficient (Wildman–Crippen LogP) is 5.39. The molecule has 0 unspecified atom stereocenters. The first-order valence-electron chi connectivity index (χ1n) is 8.50. The van der Waals surface area contributed by atoms with Gasteiger partial charge in [-0.05, 0) is 47.5 Å². The Kier molecular flexibility index (Phi) is 4.69. The molecule has 0 saturated carbocycles. The lowest BCUT2D eigenvalue weighted by molar-refractivity contribution is 0.361. The normalized spacial score (nSPS) is 12.4. The number of rotatable bonds is 5. The highest BCUT2D eigenvalue weighted by atomic mass is 35.5. The molecule has 0 saturated heterocycles. The van der Waals surface area contributed by atoms with Gasteiger partial charge in [0.1, 0.15) is 0 Å². The van der Waals surface area contributed by atoms with Gasteiger partial charge in [-0.25, -0.2) is 0 Å². The maximum Gasteiger partial charge on any atom is 0.240 e. The molecule has 3 aromatic carbocycles. The lowest BCUT2D eigenvalue weighted by Gasteiger charge is -2.15. The third-order valence-corrected chi connectivity index (χ3v) is 4.67. The Labute approximate surface area is 156 Å². The lowest BCUT2D eigenvalue weighted by atomic mass is 10.00. The van der Waals surface area contributed by atoms with Crippen molar-refractivity contribution < 1.29 is 4.52 Å². The average molecular weight is 364 g/mol. The zero-order valence-corrected chi connectivity index (χ0v) is 15.1. The maximum atomic E-state index is 5.91. The Bertz CT molecular complexity index is 1020. The molecule has 0 spiro atoms. The molecule has 1 N–H and O–H groups in total. The Morgan fingerprint density at radius 3 is 2.62 bits per heavy atom. The fourth-order valence-corrected chi connectivity index (χ4v) is 3.15. The number of hydrogen-bond acceptors (Lipinski definition) is 4. The second kappa shape index (κ2) is 7.28. The Hall–Kier alpha value is -2.69. The van der Waals surface area contributed by atoms with E-state index in [1.165, 1.54) is 16.3 Å². The minimum absolute atomic E-state index is 0.159. The van der Waals surface area contributed by atoms with Crippen molar-refractivity contribution in [3.63, 3.8) is 0 Å². The van der Waals surface area contributed by atoms with Gasteiger partial charge in [-0.15, -0.1) is 0 Å². The van der Waals surface area contributed by atoms with Crippen LogP contribution in [0.25, 0.3) is 22.2 Å². The largest absolute Gasteiger partial charge is 0.338 e. The van der Waals surface area contributed by atoms with Crippen molar-refractivity contribution in [3.8, 4) is 11.4 Å². The van der Waals surface area contributed by atoms with E-state index in [0.717, 1.165) is 5.56 Å². The van der Waals surface area contributed by atoms with Crippen LogP contribution in [0, 0.1) is 0 Å². The molecule has 0 aliphatic heterocycles. The summed E-state index contributed by atoms with van der Waals surface area (Å²) in [5, 5.41) is 10.7. The third kappa shape index (κ3) is 3.47. The fourth-order valence-electron chi connectivity index (χ4n) is 3.02. The molecule has 1 heterocycles. The highest BCUT2D eigenvalue weighted by Crippen LogP contribution is 2.24. The van der Waals surface area contributed by atoms with Gasteiger partial charge in [-0.3, -0.25) is 0 Å². The Balaban J connectivity index is 1.48. The topological polar surface area (TPSA) is 51.0 Å². The summed E-state index contributed by atoms with van der Waals surface area (Å²) in [5.74, 6) is 1.12. The van der Waals surface area contributed by atoms with Crippen LogP contribution in [0.4, 0.5) is 0 Å². The summed E-state index contributed by atoms with van der Waals surface area (Å²) in [7, 11) is 0. The van der Waals surface area contributed by atoms with Crippen LogP contribution in [-0.4, -0.2) is 10.1 Å². The molecule has 26 heavy (non-hydrogen) atoms. The number of halogens is 1. The highest BCUT2D eigenvalue weighted by Gasteiger charge is 2.12. The van der Waals surface area contributed by atoms with E-state index < -0.39 is 0 Å². The minimum Gasteiger partial charge on any atom is -0.338 e. The summed E-state index contributed by atoms with van der Waals surface area (Å²) in [6.07, 6.45) is 0.